The summed E-state index contributed by atoms with van der Waals surface area (Å²) in [4.78, 5) is 24.3. The fraction of sp³-hybridized carbons (Fsp3) is 0.118. The molecule has 24 heavy (non-hydrogen) atoms. The van der Waals surface area contributed by atoms with Crippen molar-refractivity contribution in [3.05, 3.63) is 53.7 Å². The summed E-state index contributed by atoms with van der Waals surface area (Å²) in [6, 6.07) is 12.0. The minimum atomic E-state index is -0.651. The van der Waals surface area contributed by atoms with E-state index < -0.39 is 5.97 Å². The zero-order valence-corrected chi connectivity index (χ0v) is 12.4. The highest BCUT2D eigenvalue weighted by molar-refractivity contribution is 6.04. The average molecular weight is 324 g/mol. The second-order valence-electron chi connectivity index (χ2n) is 5.19. The number of H-pyrrole nitrogens is 1. The van der Waals surface area contributed by atoms with Gasteiger partial charge in [-0.05, 0) is 24.3 Å². The van der Waals surface area contributed by atoms with E-state index in [1.165, 1.54) is 0 Å². The van der Waals surface area contributed by atoms with Crippen molar-refractivity contribution in [2.45, 2.75) is 0 Å². The van der Waals surface area contributed by atoms with Crippen LogP contribution in [0.2, 0.25) is 0 Å². The number of benzene rings is 2. The van der Waals surface area contributed by atoms with E-state index in [0.29, 0.717) is 22.4 Å². The predicted octanol–water partition coefficient (Wildman–Crippen LogP) is 2.33. The fourth-order valence-corrected chi connectivity index (χ4v) is 2.47. The number of rotatable bonds is 4. The summed E-state index contributed by atoms with van der Waals surface area (Å²) in [6.45, 7) is -0.242. The smallest absolute Gasteiger partial charge is 0.359 e. The van der Waals surface area contributed by atoms with Gasteiger partial charge in [0, 0.05) is 10.9 Å². The quantitative estimate of drug-likeness (QED) is 0.585. The monoisotopic (exact) mass is 324 g/mol. The van der Waals surface area contributed by atoms with Gasteiger partial charge in [-0.15, -0.1) is 0 Å². The largest absolute Gasteiger partial charge is 0.454 e. The van der Waals surface area contributed by atoms with Gasteiger partial charge in [0.25, 0.3) is 0 Å². The maximum atomic E-state index is 12.2. The zero-order chi connectivity index (χ0) is 16.5. The molecule has 2 heterocycles. The van der Waals surface area contributed by atoms with E-state index in [2.05, 4.69) is 10.2 Å². The molecule has 0 saturated heterocycles. The molecule has 1 aromatic heterocycles. The molecule has 3 aromatic rings. The van der Waals surface area contributed by atoms with Crippen LogP contribution in [0.1, 0.15) is 20.8 Å². The highest BCUT2D eigenvalue weighted by Gasteiger charge is 2.19. The molecular formula is C17H12N2O5. The van der Waals surface area contributed by atoms with Crippen LogP contribution < -0.4 is 9.47 Å². The third kappa shape index (κ3) is 2.45. The molecule has 0 fully saturated rings. The van der Waals surface area contributed by atoms with Crippen molar-refractivity contribution in [3.63, 3.8) is 0 Å². The normalized spacial score (nSPS) is 12.3. The van der Waals surface area contributed by atoms with E-state index >= 15 is 0 Å². The van der Waals surface area contributed by atoms with Gasteiger partial charge in [-0.3, -0.25) is 9.89 Å². The number of nitrogens with zero attached hydrogens (tertiary/aromatic N) is 1. The number of Topliss-reactive ketones (excluding diaryl/α,β-unsaturated/α-hetero) is 1. The molecule has 0 radical (unpaired) electrons. The van der Waals surface area contributed by atoms with Gasteiger partial charge in [0.2, 0.25) is 6.79 Å². The van der Waals surface area contributed by atoms with Gasteiger partial charge in [0.1, 0.15) is 0 Å². The number of hydrogen-bond acceptors (Lipinski definition) is 6. The summed E-state index contributed by atoms with van der Waals surface area (Å²) in [7, 11) is 0. The molecule has 1 N–H and O–H groups in total. The molecular weight excluding hydrogens is 312 g/mol. The van der Waals surface area contributed by atoms with E-state index in [-0.39, 0.29) is 24.9 Å². The van der Waals surface area contributed by atoms with E-state index in [1.807, 2.05) is 6.07 Å². The first-order valence-corrected chi connectivity index (χ1v) is 7.25. The maximum Gasteiger partial charge on any atom is 0.359 e. The summed E-state index contributed by atoms with van der Waals surface area (Å²) < 4.78 is 15.5. The number of carbonyl (C=O) groups is 2. The summed E-state index contributed by atoms with van der Waals surface area (Å²) in [5, 5.41) is 7.35. The molecule has 7 nitrogen and oxygen atoms in total. The van der Waals surface area contributed by atoms with Crippen molar-refractivity contribution in [1.82, 2.24) is 10.2 Å². The van der Waals surface area contributed by atoms with Crippen molar-refractivity contribution in [2.24, 2.45) is 0 Å². The number of ketones is 1. The Hall–Kier alpha value is -3.35. The number of aromatic nitrogens is 2. The standard InChI is InChI=1S/C17H12N2O5/c20-13(10-5-6-14-15(7-10)24-9-23-14)8-22-17(21)16-11-3-1-2-4-12(11)18-19-16/h1-7H,8-9H2,(H,18,19). The minimum Gasteiger partial charge on any atom is -0.454 e. The lowest BCUT2D eigenvalue weighted by molar-refractivity contribution is 0.0470. The lowest BCUT2D eigenvalue weighted by atomic mass is 10.1. The number of hydrogen-bond donors (Lipinski definition) is 1. The minimum absolute atomic E-state index is 0.133. The third-order valence-corrected chi connectivity index (χ3v) is 3.69. The summed E-state index contributed by atoms with van der Waals surface area (Å²) in [5.41, 5.74) is 1.27. The molecule has 0 spiro atoms. The maximum absolute atomic E-state index is 12.2. The van der Waals surface area contributed by atoms with Gasteiger partial charge >= 0.3 is 5.97 Å². The molecule has 0 unspecified atom stereocenters. The second-order valence-corrected chi connectivity index (χ2v) is 5.19. The first kappa shape index (κ1) is 14.3. The van der Waals surface area contributed by atoms with Gasteiger partial charge in [-0.25, -0.2) is 4.79 Å². The van der Waals surface area contributed by atoms with Gasteiger partial charge in [0.05, 0.1) is 5.52 Å². The number of carbonyl (C=O) groups excluding carboxylic acids is 2. The first-order valence-electron chi connectivity index (χ1n) is 7.25. The predicted molar refractivity (Wildman–Crippen MR) is 83.3 cm³/mol. The average Bonchev–Trinajstić information content (AvgIpc) is 3.25. The molecule has 0 atom stereocenters. The summed E-state index contributed by atoms with van der Waals surface area (Å²) >= 11 is 0. The van der Waals surface area contributed by atoms with Gasteiger partial charge in [0.15, 0.2) is 29.6 Å². The topological polar surface area (TPSA) is 90.5 Å². The molecule has 0 saturated carbocycles. The lowest BCUT2D eigenvalue weighted by Gasteiger charge is -2.04. The van der Waals surface area contributed by atoms with Crippen LogP contribution in [0.15, 0.2) is 42.5 Å². The Labute approximate surface area is 136 Å². The Bertz CT molecular complexity index is 947. The fourth-order valence-electron chi connectivity index (χ4n) is 2.47. The van der Waals surface area contributed by atoms with E-state index in [4.69, 9.17) is 14.2 Å². The highest BCUT2D eigenvalue weighted by atomic mass is 16.7. The third-order valence-electron chi connectivity index (χ3n) is 3.69. The highest BCUT2D eigenvalue weighted by Crippen LogP contribution is 2.32. The molecule has 0 aliphatic carbocycles. The number of esters is 1. The van der Waals surface area contributed by atoms with Crippen molar-refractivity contribution in [3.8, 4) is 11.5 Å². The Balaban J connectivity index is 1.46. The van der Waals surface area contributed by atoms with Crippen LogP contribution in [-0.4, -0.2) is 35.3 Å². The van der Waals surface area contributed by atoms with Crippen molar-refractivity contribution in [2.75, 3.05) is 13.4 Å². The number of aromatic amines is 1. The van der Waals surface area contributed by atoms with Crippen molar-refractivity contribution < 1.29 is 23.8 Å². The van der Waals surface area contributed by atoms with Crippen LogP contribution >= 0.6 is 0 Å². The molecule has 4 rings (SSSR count). The van der Waals surface area contributed by atoms with E-state index in [0.717, 1.165) is 5.52 Å². The zero-order valence-electron chi connectivity index (χ0n) is 12.4. The molecule has 120 valence electrons. The van der Waals surface area contributed by atoms with E-state index in [1.54, 1.807) is 36.4 Å². The lowest BCUT2D eigenvalue weighted by Crippen LogP contribution is -2.14. The van der Waals surface area contributed by atoms with Crippen molar-refractivity contribution >= 4 is 22.7 Å². The Morgan fingerprint density at radius 3 is 2.88 bits per heavy atom. The second kappa shape index (κ2) is 5.69. The van der Waals surface area contributed by atoms with Crippen LogP contribution in [0.3, 0.4) is 0 Å². The van der Waals surface area contributed by atoms with Gasteiger partial charge in [-0.1, -0.05) is 18.2 Å². The molecule has 1 aliphatic rings. The molecule has 1 aliphatic heterocycles. The summed E-state index contributed by atoms with van der Waals surface area (Å²) in [6.07, 6.45) is 0. The number of fused-ring (bicyclic) bond motifs is 2. The molecule has 0 bridgehead atoms. The Morgan fingerprint density at radius 2 is 1.96 bits per heavy atom. The van der Waals surface area contributed by atoms with Gasteiger partial charge in [-0.2, -0.15) is 5.10 Å². The number of ether oxygens (including phenoxy) is 3. The molecule has 7 heteroatoms. The van der Waals surface area contributed by atoms with Crippen LogP contribution in [0, 0.1) is 0 Å². The van der Waals surface area contributed by atoms with Crippen molar-refractivity contribution in [1.29, 1.82) is 0 Å². The molecule has 0 amide bonds. The first-order chi connectivity index (χ1) is 11.7. The van der Waals surface area contributed by atoms with Crippen LogP contribution in [0.25, 0.3) is 10.9 Å². The Morgan fingerprint density at radius 1 is 1.12 bits per heavy atom. The van der Waals surface area contributed by atoms with Gasteiger partial charge < -0.3 is 14.2 Å². The van der Waals surface area contributed by atoms with E-state index in [9.17, 15) is 9.59 Å². The van der Waals surface area contributed by atoms with Crippen LogP contribution in [0.4, 0.5) is 0 Å². The Kier molecular flexibility index (Phi) is 3.38. The SMILES string of the molecule is O=C(COC(=O)c1n[nH]c2ccccc12)c1ccc2c(c1)OCO2. The molecule has 2 aromatic carbocycles. The van der Waals surface area contributed by atoms with Crippen LogP contribution in [-0.2, 0) is 4.74 Å². The number of para-hydroxylation sites is 1. The summed E-state index contributed by atoms with van der Waals surface area (Å²) in [5.74, 6) is 0.111. The van der Waals surface area contributed by atoms with Crippen LogP contribution in [0.5, 0.6) is 11.5 Å². The number of nitrogens with one attached hydrogen (secondary N) is 1.